The molecule has 1 aromatic heterocycles. The Balaban J connectivity index is 1.64. The number of carbonyl (C=O) groups excluding carboxylic acids is 1. The molecule has 0 bridgehead atoms. The molecule has 2 unspecified atom stereocenters. The van der Waals surface area contributed by atoms with Gasteiger partial charge in [-0.05, 0) is 41.8 Å². The summed E-state index contributed by atoms with van der Waals surface area (Å²) in [6, 6.07) is 18.8. The molecule has 26 heavy (non-hydrogen) atoms. The zero-order chi connectivity index (χ0) is 18.1. The van der Waals surface area contributed by atoms with Crippen molar-refractivity contribution in [2.24, 2.45) is 0 Å². The number of benzene rings is 2. The van der Waals surface area contributed by atoms with Crippen molar-refractivity contribution in [3.63, 3.8) is 0 Å². The third-order valence-electron chi connectivity index (χ3n) is 5.01. The average molecular weight is 344 g/mol. The van der Waals surface area contributed by atoms with Crippen LogP contribution in [0.2, 0.25) is 0 Å². The van der Waals surface area contributed by atoms with Crippen LogP contribution in [0.15, 0.2) is 66.9 Å². The Morgan fingerprint density at radius 3 is 2.69 bits per heavy atom. The second-order valence-corrected chi connectivity index (χ2v) is 6.61. The molecular formula is C22H20N2O2. The van der Waals surface area contributed by atoms with Crippen LogP contribution in [0.25, 0.3) is 11.3 Å². The zero-order valence-corrected chi connectivity index (χ0v) is 14.5. The number of hydrogen-bond donors (Lipinski definition) is 2. The lowest BCUT2D eigenvalue weighted by molar-refractivity contribution is 0.0857. The summed E-state index contributed by atoms with van der Waals surface area (Å²) in [4.78, 5) is 17.3. The van der Waals surface area contributed by atoms with Crippen LogP contribution in [0.3, 0.4) is 0 Å². The summed E-state index contributed by atoms with van der Waals surface area (Å²) in [5, 5.41) is 13.4. The van der Waals surface area contributed by atoms with Crippen LogP contribution in [0.5, 0.6) is 0 Å². The largest absolute Gasteiger partial charge is 0.390 e. The van der Waals surface area contributed by atoms with E-state index in [9.17, 15) is 9.90 Å². The molecule has 2 atom stereocenters. The van der Waals surface area contributed by atoms with Crippen molar-refractivity contribution in [3.8, 4) is 11.3 Å². The van der Waals surface area contributed by atoms with E-state index in [1.807, 2.05) is 67.6 Å². The van der Waals surface area contributed by atoms with Gasteiger partial charge in [-0.25, -0.2) is 0 Å². The van der Waals surface area contributed by atoms with Gasteiger partial charge in [-0.15, -0.1) is 0 Å². The minimum absolute atomic E-state index is 0.180. The molecule has 4 nitrogen and oxygen atoms in total. The number of fused-ring (bicyclic) bond motifs is 1. The highest BCUT2D eigenvalue weighted by atomic mass is 16.3. The van der Waals surface area contributed by atoms with E-state index in [2.05, 4.69) is 10.3 Å². The molecule has 0 spiro atoms. The first-order chi connectivity index (χ1) is 12.6. The minimum atomic E-state index is -0.601. The van der Waals surface area contributed by atoms with Gasteiger partial charge in [0.05, 0.1) is 17.8 Å². The summed E-state index contributed by atoms with van der Waals surface area (Å²) in [5.74, 6) is -0.180. The molecule has 2 N–H and O–H groups in total. The standard InChI is InChI=1S/C22H20N2O2/c1-14-16(19-11-4-5-12-23-19)9-6-10-17(14)22(26)24-21-18-8-3-2-7-15(18)13-20(21)25/h2-12,20-21,25H,13H2,1H3,(H,24,26). The molecule has 0 aliphatic heterocycles. The molecule has 2 aromatic carbocycles. The van der Waals surface area contributed by atoms with Gasteiger partial charge in [0, 0.05) is 23.7 Å². The molecule has 1 aliphatic rings. The van der Waals surface area contributed by atoms with Crippen molar-refractivity contribution in [1.82, 2.24) is 10.3 Å². The predicted molar refractivity (Wildman–Crippen MR) is 101 cm³/mol. The van der Waals surface area contributed by atoms with Gasteiger partial charge in [0.2, 0.25) is 0 Å². The molecule has 1 amide bonds. The first-order valence-corrected chi connectivity index (χ1v) is 8.73. The highest BCUT2D eigenvalue weighted by molar-refractivity contribution is 5.97. The van der Waals surface area contributed by atoms with Crippen LogP contribution in [0, 0.1) is 6.92 Å². The predicted octanol–water partition coefficient (Wildman–Crippen LogP) is 3.45. The molecular weight excluding hydrogens is 324 g/mol. The number of hydrogen-bond acceptors (Lipinski definition) is 3. The first kappa shape index (κ1) is 16.5. The van der Waals surface area contributed by atoms with Crippen molar-refractivity contribution in [1.29, 1.82) is 0 Å². The van der Waals surface area contributed by atoms with Crippen molar-refractivity contribution < 1.29 is 9.90 Å². The first-order valence-electron chi connectivity index (χ1n) is 8.73. The minimum Gasteiger partial charge on any atom is -0.390 e. The highest BCUT2D eigenvalue weighted by Crippen LogP contribution is 2.32. The Kier molecular flexibility index (Phi) is 4.27. The molecule has 4 rings (SSSR count). The van der Waals surface area contributed by atoms with Gasteiger partial charge < -0.3 is 10.4 Å². The van der Waals surface area contributed by atoms with Gasteiger partial charge in [-0.2, -0.15) is 0 Å². The lowest BCUT2D eigenvalue weighted by Crippen LogP contribution is -2.34. The molecule has 1 heterocycles. The van der Waals surface area contributed by atoms with Crippen LogP contribution in [0.4, 0.5) is 0 Å². The number of aromatic nitrogens is 1. The fourth-order valence-electron chi connectivity index (χ4n) is 3.65. The van der Waals surface area contributed by atoms with E-state index < -0.39 is 6.10 Å². The molecule has 0 saturated carbocycles. The number of nitrogens with one attached hydrogen (secondary N) is 1. The van der Waals surface area contributed by atoms with Gasteiger partial charge in [0.15, 0.2) is 0 Å². The molecule has 3 aromatic rings. The Hall–Kier alpha value is -2.98. The number of carbonyl (C=O) groups is 1. The highest BCUT2D eigenvalue weighted by Gasteiger charge is 2.32. The second kappa shape index (κ2) is 6.73. The number of amides is 1. The van der Waals surface area contributed by atoms with E-state index >= 15 is 0 Å². The summed E-state index contributed by atoms with van der Waals surface area (Å²) in [7, 11) is 0. The van der Waals surface area contributed by atoms with Crippen LogP contribution in [-0.2, 0) is 6.42 Å². The van der Waals surface area contributed by atoms with Crippen molar-refractivity contribution in [2.45, 2.75) is 25.5 Å². The molecule has 1 aliphatic carbocycles. The normalized spacial score (nSPS) is 18.4. The van der Waals surface area contributed by atoms with Crippen molar-refractivity contribution >= 4 is 5.91 Å². The van der Waals surface area contributed by atoms with Gasteiger partial charge in [0.1, 0.15) is 0 Å². The van der Waals surface area contributed by atoms with E-state index in [1.54, 1.807) is 6.20 Å². The Morgan fingerprint density at radius 1 is 1.08 bits per heavy atom. The zero-order valence-electron chi connectivity index (χ0n) is 14.5. The van der Waals surface area contributed by atoms with E-state index in [0.717, 1.165) is 27.9 Å². The smallest absolute Gasteiger partial charge is 0.252 e. The van der Waals surface area contributed by atoms with Gasteiger partial charge >= 0.3 is 0 Å². The third kappa shape index (κ3) is 2.89. The monoisotopic (exact) mass is 344 g/mol. The summed E-state index contributed by atoms with van der Waals surface area (Å²) in [6.45, 7) is 1.93. The summed E-state index contributed by atoms with van der Waals surface area (Å²) < 4.78 is 0. The maximum Gasteiger partial charge on any atom is 0.252 e. The van der Waals surface area contributed by atoms with Crippen LogP contribution in [0.1, 0.15) is 33.1 Å². The molecule has 0 saturated heterocycles. The lowest BCUT2D eigenvalue weighted by atomic mass is 9.98. The van der Waals surface area contributed by atoms with Crippen LogP contribution >= 0.6 is 0 Å². The number of rotatable bonds is 3. The third-order valence-corrected chi connectivity index (χ3v) is 5.01. The Bertz CT molecular complexity index is 953. The van der Waals surface area contributed by atoms with E-state index in [4.69, 9.17) is 0 Å². The number of aliphatic hydroxyl groups is 1. The molecule has 0 radical (unpaired) electrons. The van der Waals surface area contributed by atoms with Crippen molar-refractivity contribution in [2.75, 3.05) is 0 Å². The van der Waals surface area contributed by atoms with Crippen molar-refractivity contribution in [3.05, 3.63) is 89.1 Å². The van der Waals surface area contributed by atoms with Crippen LogP contribution in [-0.4, -0.2) is 22.1 Å². The lowest BCUT2D eigenvalue weighted by Gasteiger charge is -2.19. The maximum absolute atomic E-state index is 12.9. The Morgan fingerprint density at radius 2 is 1.88 bits per heavy atom. The van der Waals surface area contributed by atoms with E-state index in [0.29, 0.717) is 12.0 Å². The summed E-state index contributed by atoms with van der Waals surface area (Å²) >= 11 is 0. The van der Waals surface area contributed by atoms with Gasteiger partial charge in [-0.1, -0.05) is 42.5 Å². The van der Waals surface area contributed by atoms with Gasteiger partial charge in [-0.3, -0.25) is 9.78 Å². The SMILES string of the molecule is Cc1c(C(=O)NC2c3ccccc3CC2O)cccc1-c1ccccn1. The Labute approximate surface area is 152 Å². The second-order valence-electron chi connectivity index (χ2n) is 6.61. The number of nitrogens with zero attached hydrogens (tertiary/aromatic N) is 1. The van der Waals surface area contributed by atoms with E-state index in [-0.39, 0.29) is 11.9 Å². The molecule has 4 heteroatoms. The fraction of sp³-hybridized carbons (Fsp3) is 0.182. The average Bonchev–Trinajstić information content (AvgIpc) is 2.98. The van der Waals surface area contributed by atoms with E-state index in [1.165, 1.54) is 0 Å². The number of aliphatic hydroxyl groups excluding tert-OH is 1. The fourth-order valence-corrected chi connectivity index (χ4v) is 3.65. The topological polar surface area (TPSA) is 62.2 Å². The van der Waals surface area contributed by atoms with Gasteiger partial charge in [0.25, 0.3) is 5.91 Å². The molecule has 0 fully saturated rings. The number of pyridine rings is 1. The molecule has 130 valence electrons. The maximum atomic E-state index is 12.9. The van der Waals surface area contributed by atoms with Crippen LogP contribution < -0.4 is 5.32 Å². The summed E-state index contributed by atoms with van der Waals surface area (Å²) in [6.07, 6.45) is 1.71. The summed E-state index contributed by atoms with van der Waals surface area (Å²) in [5.41, 5.74) is 5.34. The quantitative estimate of drug-likeness (QED) is 0.765.